The highest BCUT2D eigenvalue weighted by atomic mass is 16.7. The first-order chi connectivity index (χ1) is 12.0. The molecular weight excluding hydrogens is 318 g/mol. The number of carbonyl (C=O) groups excluding carboxylic acids is 1. The van der Waals surface area contributed by atoms with Crippen LogP contribution in [0.4, 0.5) is 0 Å². The lowest BCUT2D eigenvalue weighted by Crippen LogP contribution is -2.57. The van der Waals surface area contributed by atoms with Crippen LogP contribution in [0.1, 0.15) is 31.7 Å². The first kappa shape index (κ1) is 18.5. The maximum atomic E-state index is 12.8. The van der Waals surface area contributed by atoms with Crippen molar-refractivity contribution in [1.29, 1.82) is 0 Å². The minimum atomic E-state index is -0.829. The Balaban J connectivity index is 1.66. The number of carbonyl (C=O) groups is 1. The molecule has 0 aliphatic carbocycles. The maximum Gasteiger partial charge on any atom is 0.171 e. The van der Waals surface area contributed by atoms with Gasteiger partial charge in [-0.1, -0.05) is 30.3 Å². The molecule has 0 radical (unpaired) electrons. The van der Waals surface area contributed by atoms with Gasteiger partial charge in [0.1, 0.15) is 5.78 Å². The number of piperidine rings is 1. The molecule has 0 amide bonds. The molecular formula is C20H29NO4. The molecule has 2 aliphatic rings. The fraction of sp³-hybridized carbons (Fsp3) is 0.650. The molecule has 5 nitrogen and oxygen atoms in total. The highest BCUT2D eigenvalue weighted by molar-refractivity contribution is 5.82. The molecule has 1 aromatic carbocycles. The van der Waals surface area contributed by atoms with Crippen molar-refractivity contribution in [2.75, 3.05) is 27.4 Å². The summed E-state index contributed by atoms with van der Waals surface area (Å²) in [4.78, 5) is 15.3. The zero-order valence-corrected chi connectivity index (χ0v) is 15.4. The fourth-order valence-electron chi connectivity index (χ4n) is 3.99. The van der Waals surface area contributed by atoms with Crippen molar-refractivity contribution in [2.45, 2.75) is 50.6 Å². The second kappa shape index (κ2) is 7.96. The van der Waals surface area contributed by atoms with Crippen molar-refractivity contribution >= 4 is 5.78 Å². The summed E-state index contributed by atoms with van der Waals surface area (Å²) < 4.78 is 16.5. The molecule has 2 bridgehead atoms. The molecule has 138 valence electrons. The van der Waals surface area contributed by atoms with Gasteiger partial charge in [-0.3, -0.25) is 9.69 Å². The van der Waals surface area contributed by atoms with E-state index in [1.807, 2.05) is 13.0 Å². The molecule has 0 saturated carbocycles. The Morgan fingerprint density at radius 1 is 1.16 bits per heavy atom. The molecule has 2 fully saturated rings. The minimum Gasteiger partial charge on any atom is -0.378 e. The van der Waals surface area contributed by atoms with E-state index in [4.69, 9.17) is 14.2 Å². The van der Waals surface area contributed by atoms with Gasteiger partial charge in [-0.15, -0.1) is 0 Å². The number of ether oxygens (including phenoxy) is 3. The van der Waals surface area contributed by atoms with E-state index in [0.717, 1.165) is 19.4 Å². The van der Waals surface area contributed by atoms with Crippen LogP contribution in [0.3, 0.4) is 0 Å². The van der Waals surface area contributed by atoms with Crippen molar-refractivity contribution < 1.29 is 19.0 Å². The first-order valence-corrected chi connectivity index (χ1v) is 9.05. The van der Waals surface area contributed by atoms with Crippen molar-refractivity contribution in [2.24, 2.45) is 5.92 Å². The van der Waals surface area contributed by atoms with Gasteiger partial charge < -0.3 is 14.2 Å². The molecule has 2 atom stereocenters. The smallest absolute Gasteiger partial charge is 0.171 e. The van der Waals surface area contributed by atoms with E-state index in [1.165, 1.54) is 5.56 Å². The highest BCUT2D eigenvalue weighted by Crippen LogP contribution is 2.35. The minimum absolute atomic E-state index is 0.0653. The van der Waals surface area contributed by atoms with Crippen molar-refractivity contribution in [3.63, 3.8) is 0 Å². The van der Waals surface area contributed by atoms with E-state index < -0.39 is 5.79 Å². The van der Waals surface area contributed by atoms with Gasteiger partial charge in [-0.2, -0.15) is 0 Å². The third-order valence-corrected chi connectivity index (χ3v) is 5.69. The lowest BCUT2D eigenvalue weighted by molar-refractivity contribution is -0.200. The molecule has 2 unspecified atom stereocenters. The molecule has 0 spiro atoms. The molecule has 5 heteroatoms. The van der Waals surface area contributed by atoms with Crippen molar-refractivity contribution in [3.05, 3.63) is 35.9 Å². The van der Waals surface area contributed by atoms with E-state index in [1.54, 1.807) is 14.2 Å². The van der Waals surface area contributed by atoms with Gasteiger partial charge in [0, 0.05) is 38.8 Å². The topological polar surface area (TPSA) is 48.0 Å². The summed E-state index contributed by atoms with van der Waals surface area (Å²) in [5.41, 5.74) is 1.32. The Labute approximate surface area is 150 Å². The number of hydrogen-bond donors (Lipinski definition) is 0. The number of fused-ring (bicyclic) bond motifs is 2. The Morgan fingerprint density at radius 3 is 2.32 bits per heavy atom. The Bertz CT molecular complexity index is 558. The van der Waals surface area contributed by atoms with Gasteiger partial charge in [0.25, 0.3) is 0 Å². The molecule has 2 heterocycles. The van der Waals surface area contributed by atoms with Crippen LogP contribution in [-0.2, 0) is 25.5 Å². The summed E-state index contributed by atoms with van der Waals surface area (Å²) in [7, 11) is 3.17. The summed E-state index contributed by atoms with van der Waals surface area (Å²) in [5, 5.41) is 0. The number of methoxy groups -OCH3 is 2. The third kappa shape index (κ3) is 4.29. The zero-order valence-electron chi connectivity index (χ0n) is 15.4. The van der Waals surface area contributed by atoms with E-state index in [9.17, 15) is 4.79 Å². The van der Waals surface area contributed by atoms with Crippen LogP contribution in [-0.4, -0.2) is 56.0 Å². The van der Waals surface area contributed by atoms with E-state index in [2.05, 4.69) is 29.2 Å². The number of Topliss-reactive ketones (excluding diaryl/α,β-unsaturated/α-hetero) is 1. The average molecular weight is 347 g/mol. The summed E-state index contributed by atoms with van der Waals surface area (Å²) in [6.07, 6.45) is 2.00. The zero-order chi connectivity index (χ0) is 17.9. The van der Waals surface area contributed by atoms with Gasteiger partial charge >= 0.3 is 0 Å². The van der Waals surface area contributed by atoms with Crippen molar-refractivity contribution in [1.82, 2.24) is 4.90 Å². The summed E-state index contributed by atoms with van der Waals surface area (Å²) in [5.74, 6) is -0.526. The van der Waals surface area contributed by atoms with Crippen LogP contribution in [0.2, 0.25) is 0 Å². The number of hydrogen-bond acceptors (Lipinski definition) is 5. The predicted molar refractivity (Wildman–Crippen MR) is 95.2 cm³/mol. The number of nitrogens with zero attached hydrogens (tertiary/aromatic N) is 1. The Hall–Kier alpha value is -1.27. The van der Waals surface area contributed by atoms with Crippen LogP contribution >= 0.6 is 0 Å². The van der Waals surface area contributed by atoms with Gasteiger partial charge in [0.2, 0.25) is 0 Å². The second-order valence-electron chi connectivity index (χ2n) is 7.36. The van der Waals surface area contributed by atoms with Gasteiger partial charge in [0.15, 0.2) is 5.79 Å². The Morgan fingerprint density at radius 2 is 1.76 bits per heavy atom. The lowest BCUT2D eigenvalue weighted by Gasteiger charge is -2.48. The second-order valence-corrected chi connectivity index (χ2v) is 7.36. The van der Waals surface area contributed by atoms with E-state index in [-0.39, 0.29) is 11.7 Å². The van der Waals surface area contributed by atoms with E-state index >= 15 is 0 Å². The molecule has 25 heavy (non-hydrogen) atoms. The summed E-state index contributed by atoms with van der Waals surface area (Å²) in [6, 6.07) is 11.1. The van der Waals surface area contributed by atoms with Crippen LogP contribution in [0.25, 0.3) is 0 Å². The van der Waals surface area contributed by atoms with Gasteiger partial charge in [0.05, 0.1) is 19.6 Å². The first-order valence-electron chi connectivity index (χ1n) is 9.05. The standard InChI is InChI=1S/C20H29NO4/c1-20(23-2,24-3)11-19(22)16-9-17-13-25-14-18(10-16)21(17)12-15-7-5-4-6-8-15/h4-8,16-18H,9-14H2,1-3H3. The molecule has 0 N–H and O–H groups in total. The third-order valence-electron chi connectivity index (χ3n) is 5.69. The van der Waals surface area contributed by atoms with Crippen LogP contribution < -0.4 is 0 Å². The van der Waals surface area contributed by atoms with Crippen LogP contribution in [0.15, 0.2) is 30.3 Å². The largest absolute Gasteiger partial charge is 0.378 e. The molecule has 2 aliphatic heterocycles. The lowest BCUT2D eigenvalue weighted by atomic mass is 9.80. The number of benzene rings is 1. The summed E-state index contributed by atoms with van der Waals surface area (Å²) in [6.45, 7) is 4.16. The maximum absolute atomic E-state index is 12.8. The Kier molecular flexibility index (Phi) is 5.89. The normalized spacial score (nSPS) is 27.2. The molecule has 1 aromatic rings. The summed E-state index contributed by atoms with van der Waals surface area (Å²) >= 11 is 0. The average Bonchev–Trinajstić information content (AvgIpc) is 2.62. The van der Waals surface area contributed by atoms with Crippen molar-refractivity contribution in [3.8, 4) is 0 Å². The number of ketones is 1. The van der Waals surface area contributed by atoms with E-state index in [0.29, 0.717) is 31.7 Å². The fourth-order valence-corrected chi connectivity index (χ4v) is 3.99. The monoisotopic (exact) mass is 347 g/mol. The number of morpholine rings is 1. The SMILES string of the molecule is COC(C)(CC(=O)C1CC2COCC(C1)N2Cc1ccccc1)OC. The molecule has 3 rings (SSSR count). The van der Waals surface area contributed by atoms with Gasteiger partial charge in [-0.25, -0.2) is 0 Å². The molecule has 0 aromatic heterocycles. The molecule has 2 saturated heterocycles. The van der Waals surface area contributed by atoms with Crippen LogP contribution in [0, 0.1) is 5.92 Å². The number of rotatable bonds is 7. The highest BCUT2D eigenvalue weighted by Gasteiger charge is 2.42. The predicted octanol–water partition coefficient (Wildman–Crippen LogP) is 2.63. The van der Waals surface area contributed by atoms with Crippen LogP contribution in [0.5, 0.6) is 0 Å². The quantitative estimate of drug-likeness (QED) is 0.710. The van der Waals surface area contributed by atoms with Gasteiger partial charge in [-0.05, 0) is 25.3 Å².